The van der Waals surface area contributed by atoms with E-state index >= 15 is 0 Å². The third-order valence-corrected chi connectivity index (χ3v) is 10.2. The molecule has 7 nitrogen and oxygen atoms in total. The Hall–Kier alpha value is -3.10. The zero-order valence-electron chi connectivity index (χ0n) is 22.4. The van der Waals surface area contributed by atoms with Crippen molar-refractivity contribution in [3.8, 4) is 17.2 Å². The molecule has 39 heavy (non-hydrogen) atoms. The van der Waals surface area contributed by atoms with Crippen LogP contribution in [0, 0.1) is 11.7 Å². The molecule has 8 heteroatoms. The predicted molar refractivity (Wildman–Crippen MR) is 143 cm³/mol. The Labute approximate surface area is 227 Å². The number of ether oxygens (including phenoxy) is 2. The molecule has 1 amide bonds. The Morgan fingerprint density at radius 3 is 2.85 bits per heavy atom. The number of aliphatic hydroxyl groups is 1. The van der Waals surface area contributed by atoms with E-state index in [1.807, 2.05) is 6.07 Å². The standard InChI is InChI=1S/C31H35FN2O5/c1-33(26(36)10-6-18-5-8-21(32)24(15-18)38-2)22-11-12-31(37)25-16-20-7-9-23(35)28-27(20)30(31,29(22)39-28)13-14-34(25)17-19-3-4-19/h5-10,15,19,22,25,29,35,37H,3-4,11-14,16-17H2,1-2H3/t22-,25-,29+,30+,31-/m1/s1. The fourth-order valence-corrected chi connectivity index (χ4v) is 8.08. The summed E-state index contributed by atoms with van der Waals surface area (Å²) in [5.41, 5.74) is 1.09. The third-order valence-electron chi connectivity index (χ3n) is 10.2. The van der Waals surface area contributed by atoms with Crippen molar-refractivity contribution in [3.05, 3.63) is 58.9 Å². The van der Waals surface area contributed by atoms with Gasteiger partial charge in [0.25, 0.3) is 0 Å². The Balaban J connectivity index is 1.22. The minimum Gasteiger partial charge on any atom is -0.504 e. The number of phenols is 1. The van der Waals surface area contributed by atoms with E-state index in [2.05, 4.69) is 4.90 Å². The van der Waals surface area contributed by atoms with E-state index in [1.54, 1.807) is 36.2 Å². The van der Waals surface area contributed by atoms with Gasteiger partial charge in [-0.05, 0) is 86.4 Å². The summed E-state index contributed by atoms with van der Waals surface area (Å²) in [7, 11) is 3.18. The van der Waals surface area contributed by atoms with Crippen LogP contribution in [0.25, 0.3) is 6.08 Å². The number of hydrogen-bond donors (Lipinski definition) is 2. The van der Waals surface area contributed by atoms with Crippen LogP contribution >= 0.6 is 0 Å². The summed E-state index contributed by atoms with van der Waals surface area (Å²) in [6.45, 7) is 1.89. The molecule has 206 valence electrons. The van der Waals surface area contributed by atoms with Gasteiger partial charge in [-0.1, -0.05) is 12.1 Å². The highest BCUT2D eigenvalue weighted by molar-refractivity contribution is 5.92. The van der Waals surface area contributed by atoms with Gasteiger partial charge in [0.1, 0.15) is 6.10 Å². The van der Waals surface area contributed by atoms with Gasteiger partial charge in [0.15, 0.2) is 23.1 Å². The van der Waals surface area contributed by atoms with E-state index in [-0.39, 0.29) is 29.5 Å². The monoisotopic (exact) mass is 534 g/mol. The Morgan fingerprint density at radius 1 is 1.26 bits per heavy atom. The Morgan fingerprint density at radius 2 is 2.08 bits per heavy atom. The summed E-state index contributed by atoms with van der Waals surface area (Å²) in [5.74, 6) is 0.761. The van der Waals surface area contributed by atoms with Crippen molar-refractivity contribution >= 4 is 12.0 Å². The molecular weight excluding hydrogens is 499 g/mol. The van der Waals surface area contributed by atoms with Crippen LogP contribution in [-0.4, -0.2) is 77.0 Å². The number of piperidine rings is 1. The largest absolute Gasteiger partial charge is 0.504 e. The zero-order chi connectivity index (χ0) is 27.1. The van der Waals surface area contributed by atoms with Gasteiger partial charge in [-0.2, -0.15) is 0 Å². The molecule has 3 aliphatic carbocycles. The van der Waals surface area contributed by atoms with Crippen molar-refractivity contribution in [3.63, 3.8) is 0 Å². The first kappa shape index (κ1) is 24.9. The van der Waals surface area contributed by atoms with Crippen LogP contribution in [0.5, 0.6) is 17.2 Å². The van der Waals surface area contributed by atoms with Crippen LogP contribution in [0.3, 0.4) is 0 Å². The fraction of sp³-hybridized carbons (Fsp3) is 0.516. The van der Waals surface area contributed by atoms with Gasteiger partial charge in [-0.25, -0.2) is 4.39 Å². The van der Waals surface area contributed by atoms with Crippen molar-refractivity contribution in [2.24, 2.45) is 5.92 Å². The Kier molecular flexibility index (Phi) is 5.56. The highest BCUT2D eigenvalue weighted by Gasteiger charge is 2.73. The number of rotatable bonds is 6. The minimum absolute atomic E-state index is 0.00347. The van der Waals surface area contributed by atoms with Gasteiger partial charge in [-0.15, -0.1) is 0 Å². The van der Waals surface area contributed by atoms with E-state index in [4.69, 9.17) is 9.47 Å². The van der Waals surface area contributed by atoms with Crippen LogP contribution in [0.1, 0.15) is 48.8 Å². The molecule has 0 unspecified atom stereocenters. The number of amides is 1. The minimum atomic E-state index is -0.988. The van der Waals surface area contributed by atoms with Crippen molar-refractivity contribution in [2.45, 2.75) is 67.7 Å². The number of phenolic OH excluding ortho intramolecular Hbond substituents is 1. The second-order valence-corrected chi connectivity index (χ2v) is 12.1. The lowest BCUT2D eigenvalue weighted by atomic mass is 9.48. The first-order valence-corrected chi connectivity index (χ1v) is 14.0. The fourth-order valence-electron chi connectivity index (χ4n) is 8.08. The maximum Gasteiger partial charge on any atom is 0.246 e. The first-order valence-electron chi connectivity index (χ1n) is 14.0. The van der Waals surface area contributed by atoms with Gasteiger partial charge in [-0.3, -0.25) is 9.69 Å². The molecule has 2 N–H and O–H groups in total. The summed E-state index contributed by atoms with van der Waals surface area (Å²) in [6, 6.07) is 7.88. The number of likely N-dealkylation sites (tertiary alicyclic amines) is 1. The number of nitrogens with zero attached hydrogens (tertiary/aromatic N) is 2. The summed E-state index contributed by atoms with van der Waals surface area (Å²) in [6.07, 6.45) is 7.84. The van der Waals surface area contributed by atoms with E-state index in [0.717, 1.165) is 43.0 Å². The summed E-state index contributed by atoms with van der Waals surface area (Å²) in [4.78, 5) is 17.6. The summed E-state index contributed by atoms with van der Waals surface area (Å²) < 4.78 is 25.5. The maximum atomic E-state index is 13.8. The number of carbonyl (C=O) groups is 1. The SMILES string of the molecule is COc1cc(C=CC(=O)N(C)[C@@H]2CC[C@@]3(O)[C@H]4Cc5ccc(O)c6c5[C@@]3(CCN4CC3CC3)[C@H]2O6)ccc1F. The lowest BCUT2D eigenvalue weighted by Crippen LogP contribution is -2.78. The average Bonchev–Trinajstić information content (AvgIpc) is 3.67. The van der Waals surface area contributed by atoms with E-state index < -0.39 is 22.9 Å². The molecule has 2 saturated carbocycles. The molecule has 1 spiro atoms. The highest BCUT2D eigenvalue weighted by Crippen LogP contribution is 2.66. The quantitative estimate of drug-likeness (QED) is 0.551. The lowest BCUT2D eigenvalue weighted by Gasteiger charge is -2.64. The molecule has 2 heterocycles. The first-order chi connectivity index (χ1) is 18.8. The molecule has 1 saturated heterocycles. The molecular formula is C31H35FN2O5. The van der Waals surface area contributed by atoms with Gasteiger partial charge in [0.05, 0.1) is 24.2 Å². The maximum absolute atomic E-state index is 13.8. The van der Waals surface area contributed by atoms with E-state index in [9.17, 15) is 19.4 Å². The van der Waals surface area contributed by atoms with Crippen molar-refractivity contribution < 1.29 is 28.9 Å². The molecule has 5 aliphatic rings. The number of benzene rings is 2. The second kappa shape index (κ2) is 8.70. The van der Waals surface area contributed by atoms with Crippen molar-refractivity contribution in [1.29, 1.82) is 0 Å². The molecule has 2 bridgehead atoms. The van der Waals surface area contributed by atoms with Crippen LogP contribution in [0.2, 0.25) is 0 Å². The average molecular weight is 535 g/mol. The van der Waals surface area contributed by atoms with Crippen molar-refractivity contribution in [2.75, 3.05) is 27.2 Å². The van der Waals surface area contributed by atoms with Crippen LogP contribution in [-0.2, 0) is 16.6 Å². The number of hydrogen-bond acceptors (Lipinski definition) is 6. The molecule has 2 aromatic carbocycles. The molecule has 0 radical (unpaired) electrons. The Bertz CT molecular complexity index is 1370. The van der Waals surface area contributed by atoms with Crippen LogP contribution < -0.4 is 9.47 Å². The third kappa shape index (κ3) is 3.50. The van der Waals surface area contributed by atoms with Crippen LogP contribution in [0.4, 0.5) is 4.39 Å². The number of carbonyl (C=O) groups excluding carboxylic acids is 1. The van der Waals surface area contributed by atoms with Gasteiger partial charge in [0.2, 0.25) is 5.91 Å². The molecule has 0 aromatic heterocycles. The highest BCUT2D eigenvalue weighted by atomic mass is 19.1. The van der Waals surface area contributed by atoms with Gasteiger partial charge >= 0.3 is 0 Å². The topological polar surface area (TPSA) is 82.5 Å². The van der Waals surface area contributed by atoms with E-state index in [1.165, 1.54) is 32.1 Å². The number of aromatic hydroxyl groups is 1. The van der Waals surface area contributed by atoms with E-state index in [0.29, 0.717) is 24.2 Å². The zero-order valence-corrected chi connectivity index (χ0v) is 22.4. The smallest absolute Gasteiger partial charge is 0.246 e. The normalized spacial score (nSPS) is 32.6. The molecule has 7 rings (SSSR count). The molecule has 3 fully saturated rings. The predicted octanol–water partition coefficient (Wildman–Crippen LogP) is 3.64. The van der Waals surface area contributed by atoms with Crippen molar-refractivity contribution in [1.82, 2.24) is 9.80 Å². The second-order valence-electron chi connectivity index (χ2n) is 12.1. The van der Waals surface area contributed by atoms with Crippen LogP contribution in [0.15, 0.2) is 36.4 Å². The summed E-state index contributed by atoms with van der Waals surface area (Å²) >= 11 is 0. The molecule has 2 aromatic rings. The summed E-state index contributed by atoms with van der Waals surface area (Å²) in [5, 5.41) is 23.4. The molecule has 2 aliphatic heterocycles. The van der Waals surface area contributed by atoms with Gasteiger partial charge in [0, 0.05) is 31.3 Å². The number of likely N-dealkylation sites (N-methyl/N-ethyl adjacent to an activating group) is 1. The number of halogens is 1. The lowest BCUT2D eigenvalue weighted by molar-refractivity contribution is -0.200. The van der Waals surface area contributed by atoms with Gasteiger partial charge < -0.3 is 24.6 Å². The molecule has 5 atom stereocenters. The number of methoxy groups -OCH3 is 1.